The van der Waals surface area contributed by atoms with Crippen LogP contribution in [0.15, 0.2) is 0 Å². The van der Waals surface area contributed by atoms with Crippen LogP contribution in [0.2, 0.25) is 0 Å². The fourth-order valence-electron chi connectivity index (χ4n) is 1.06. The monoisotopic (exact) mass is 138 g/mol. The van der Waals surface area contributed by atoms with Gasteiger partial charge in [0.25, 0.3) is 0 Å². The summed E-state index contributed by atoms with van der Waals surface area (Å²) in [7, 11) is 0. The van der Waals surface area contributed by atoms with E-state index in [1.807, 2.05) is 6.92 Å². The number of nitrogens with zero attached hydrogens (tertiary/aromatic N) is 1. The van der Waals surface area contributed by atoms with E-state index in [2.05, 4.69) is 10.2 Å². The van der Waals surface area contributed by atoms with E-state index in [1.165, 1.54) is 0 Å². The van der Waals surface area contributed by atoms with Crippen LogP contribution in [0.4, 0.5) is 0 Å². The second-order valence-electron chi connectivity index (χ2n) is 2.42. The molecule has 0 bridgehead atoms. The summed E-state index contributed by atoms with van der Waals surface area (Å²) in [6.07, 6.45) is -0.271. The number of piperazine rings is 1. The third-order valence-corrected chi connectivity index (χ3v) is 1.68. The van der Waals surface area contributed by atoms with E-state index < -0.39 is 0 Å². The van der Waals surface area contributed by atoms with Crippen LogP contribution < -0.4 is 5.32 Å². The van der Waals surface area contributed by atoms with Gasteiger partial charge in [-0.15, -0.1) is 0 Å². The predicted octanol–water partition coefficient (Wildman–Crippen LogP) is -1.42. The first-order valence-corrected chi connectivity index (χ1v) is 3.43. The predicted molar refractivity (Wildman–Crippen MR) is 43.3 cm³/mol. The molecule has 1 fully saturated rings. The fraction of sp³-hybridized carbons (Fsp3) is 1.00. The molecule has 0 amide bonds. The Balaban J connectivity index is 0.000000810. The molecule has 0 aliphatic carbocycles. The van der Waals surface area contributed by atoms with Crippen molar-refractivity contribution < 1.29 is 5.11 Å². The molecular weight excluding hydrogens is 123 g/mol. The van der Waals surface area contributed by atoms with E-state index in [9.17, 15) is 0 Å². The third-order valence-electron chi connectivity index (χ3n) is 1.68. The minimum absolute atomic E-state index is 0. The van der Waals surface area contributed by atoms with Gasteiger partial charge in [-0.3, -0.25) is 4.90 Å². The number of aliphatic hydroxyl groups is 1. The summed E-state index contributed by atoms with van der Waals surface area (Å²) in [5, 5.41) is 12.3. The molecule has 1 heterocycles. The van der Waals surface area contributed by atoms with Gasteiger partial charge in [0.1, 0.15) is 6.23 Å². The Morgan fingerprint density at radius 3 is 2.20 bits per heavy atom. The first kappa shape index (κ1) is 10.5. The molecule has 0 radical (unpaired) electrons. The fourth-order valence-corrected chi connectivity index (χ4v) is 1.06. The summed E-state index contributed by atoms with van der Waals surface area (Å²) in [4.78, 5) is 2.05. The summed E-state index contributed by atoms with van der Waals surface area (Å²) in [6, 6.07) is 0. The molecule has 0 aromatic rings. The summed E-state index contributed by atoms with van der Waals surface area (Å²) >= 11 is 0. The van der Waals surface area contributed by atoms with Crippen LogP contribution >= 0.6 is 0 Å². The van der Waals surface area contributed by atoms with Gasteiger partial charge in [0.05, 0.1) is 0 Å². The first-order chi connectivity index (χ1) is 4.30. The van der Waals surface area contributed by atoms with E-state index in [4.69, 9.17) is 5.11 Å². The third kappa shape index (κ3) is 3.04. The van der Waals surface area contributed by atoms with E-state index in [0.29, 0.717) is 0 Å². The van der Waals surface area contributed by atoms with Crippen LogP contribution in [0.1, 0.15) is 6.92 Å². The zero-order chi connectivity index (χ0) is 6.69. The van der Waals surface area contributed by atoms with Gasteiger partial charge in [0.2, 0.25) is 0 Å². The molecule has 0 aromatic heterocycles. The molecule has 1 atom stereocenters. The van der Waals surface area contributed by atoms with Crippen molar-refractivity contribution in [1.82, 2.24) is 10.2 Å². The summed E-state index contributed by atoms with van der Waals surface area (Å²) in [6.45, 7) is 5.76. The van der Waals surface area contributed by atoms with Crippen molar-refractivity contribution in [3.05, 3.63) is 0 Å². The number of aliphatic hydroxyl groups excluding tert-OH is 1. The van der Waals surface area contributed by atoms with E-state index in [-0.39, 0.29) is 25.1 Å². The van der Waals surface area contributed by atoms with Crippen molar-refractivity contribution in [2.75, 3.05) is 26.2 Å². The maximum absolute atomic E-state index is 9.08. The van der Waals surface area contributed by atoms with Gasteiger partial charge in [-0.1, -0.05) is 0 Å². The van der Waals surface area contributed by atoms with Crippen LogP contribution in [0.5, 0.6) is 0 Å². The van der Waals surface area contributed by atoms with Crippen molar-refractivity contribution in [3.63, 3.8) is 0 Å². The average molecular weight is 138 g/mol. The molecule has 0 spiro atoms. The topological polar surface area (TPSA) is 35.5 Å². The maximum atomic E-state index is 9.08. The van der Waals surface area contributed by atoms with Gasteiger partial charge in [0, 0.05) is 26.2 Å². The Bertz CT molecular complexity index is 83.8. The van der Waals surface area contributed by atoms with Crippen LogP contribution in [-0.2, 0) is 0 Å². The Morgan fingerprint density at radius 1 is 1.40 bits per heavy atom. The van der Waals surface area contributed by atoms with Crippen LogP contribution in [0, 0.1) is 0 Å². The normalized spacial score (nSPS) is 23.4. The molecule has 0 aromatic carbocycles. The van der Waals surface area contributed by atoms with Crippen molar-refractivity contribution >= 4 is 18.9 Å². The van der Waals surface area contributed by atoms with E-state index in [1.54, 1.807) is 0 Å². The summed E-state index contributed by atoms with van der Waals surface area (Å²) in [5.74, 6) is 0. The zero-order valence-electron chi connectivity index (χ0n) is 5.80. The number of hydrogen-bond donors (Lipinski definition) is 2. The van der Waals surface area contributed by atoms with E-state index in [0.717, 1.165) is 26.2 Å². The number of rotatable bonds is 1. The standard InChI is InChI=1S/C6H14N2O.Li.H/c1-6(9)8-4-2-7-3-5-8;;/h6-7,9H,2-5H2,1H3;;. The SMILES string of the molecule is CC(O)N1CCNCC1.[LiH]. The van der Waals surface area contributed by atoms with Crippen LogP contribution in [-0.4, -0.2) is 61.3 Å². The van der Waals surface area contributed by atoms with Crippen molar-refractivity contribution in [2.24, 2.45) is 0 Å². The molecule has 10 heavy (non-hydrogen) atoms. The van der Waals surface area contributed by atoms with Gasteiger partial charge in [0.15, 0.2) is 0 Å². The molecule has 4 heteroatoms. The molecule has 0 saturated carbocycles. The Labute approximate surface area is 74.0 Å². The molecule has 2 N–H and O–H groups in total. The Morgan fingerprint density at radius 2 is 1.90 bits per heavy atom. The molecular formula is C6H15LiN2O. The Hall–Kier alpha value is 0.477. The van der Waals surface area contributed by atoms with Gasteiger partial charge in [-0.2, -0.15) is 0 Å². The van der Waals surface area contributed by atoms with Crippen molar-refractivity contribution in [1.29, 1.82) is 0 Å². The molecule has 1 rings (SSSR count). The van der Waals surface area contributed by atoms with Gasteiger partial charge >= 0.3 is 18.9 Å². The second kappa shape index (κ2) is 5.17. The zero-order valence-corrected chi connectivity index (χ0v) is 5.80. The summed E-state index contributed by atoms with van der Waals surface area (Å²) < 4.78 is 0. The molecule has 1 saturated heterocycles. The van der Waals surface area contributed by atoms with Gasteiger partial charge < -0.3 is 10.4 Å². The number of nitrogens with one attached hydrogen (secondary N) is 1. The van der Waals surface area contributed by atoms with Crippen molar-refractivity contribution in [3.8, 4) is 0 Å². The Kier molecular flexibility index (Phi) is 5.42. The average Bonchev–Trinajstić information content (AvgIpc) is 1.90. The molecule has 3 nitrogen and oxygen atoms in total. The minimum atomic E-state index is -0.271. The molecule has 1 aliphatic rings. The molecule has 56 valence electrons. The summed E-state index contributed by atoms with van der Waals surface area (Å²) in [5.41, 5.74) is 0. The van der Waals surface area contributed by atoms with E-state index >= 15 is 0 Å². The molecule has 1 unspecified atom stereocenters. The van der Waals surface area contributed by atoms with Gasteiger partial charge in [-0.05, 0) is 6.92 Å². The molecule has 1 aliphatic heterocycles. The van der Waals surface area contributed by atoms with Crippen molar-refractivity contribution in [2.45, 2.75) is 13.2 Å². The van der Waals surface area contributed by atoms with Crippen LogP contribution in [0.25, 0.3) is 0 Å². The first-order valence-electron chi connectivity index (χ1n) is 3.43. The van der Waals surface area contributed by atoms with Gasteiger partial charge in [-0.25, -0.2) is 0 Å². The number of hydrogen-bond acceptors (Lipinski definition) is 3. The second-order valence-corrected chi connectivity index (χ2v) is 2.42. The van der Waals surface area contributed by atoms with Crippen LogP contribution in [0.3, 0.4) is 0 Å². The quantitative estimate of drug-likeness (QED) is 0.437.